The fraction of sp³-hybridized carbons (Fsp3) is 0.882. The topological polar surface area (TPSA) is 58.6 Å². The van der Waals surface area contributed by atoms with Gasteiger partial charge in [0.1, 0.15) is 12.1 Å². The maximum atomic E-state index is 11.5. The van der Waals surface area contributed by atoms with Crippen LogP contribution in [0.3, 0.4) is 0 Å². The molecule has 0 bridgehead atoms. The molecular weight excluding hydrogens is 296 g/mol. The van der Waals surface area contributed by atoms with Gasteiger partial charge in [-0.2, -0.15) is 0 Å². The third kappa shape index (κ3) is 6.11. The first kappa shape index (κ1) is 18.2. The van der Waals surface area contributed by atoms with E-state index in [4.69, 9.17) is 9.47 Å². The first-order valence-corrected chi connectivity index (χ1v) is 8.98. The van der Waals surface area contributed by atoms with Crippen molar-refractivity contribution in [2.75, 3.05) is 39.4 Å². The predicted molar refractivity (Wildman–Crippen MR) is 87.1 cm³/mol. The van der Waals surface area contributed by atoms with Crippen molar-refractivity contribution in [3.8, 4) is 0 Å². The van der Waals surface area contributed by atoms with Crippen LogP contribution in [0.1, 0.15) is 46.0 Å². The standard InChI is InChI=1S/C17H30N2O4/c1-3-22-16(20)14-12-18(14)10-8-6-5-7-9-11-19-13-15(19)17(21)23-4-2/h14-15H,3-13H2,1-2H3. The van der Waals surface area contributed by atoms with Gasteiger partial charge in [-0.3, -0.25) is 19.4 Å². The second-order valence-corrected chi connectivity index (χ2v) is 6.29. The Labute approximate surface area is 139 Å². The van der Waals surface area contributed by atoms with E-state index < -0.39 is 0 Å². The van der Waals surface area contributed by atoms with Crippen LogP contribution in [0.2, 0.25) is 0 Å². The van der Waals surface area contributed by atoms with Crippen LogP contribution in [0.5, 0.6) is 0 Å². The van der Waals surface area contributed by atoms with E-state index in [1.165, 1.54) is 19.3 Å². The minimum Gasteiger partial charge on any atom is -0.465 e. The summed E-state index contributed by atoms with van der Waals surface area (Å²) in [6.07, 6.45) is 5.91. The van der Waals surface area contributed by atoms with Crippen molar-refractivity contribution in [3.63, 3.8) is 0 Å². The molecule has 0 aromatic heterocycles. The van der Waals surface area contributed by atoms with Gasteiger partial charge in [0, 0.05) is 13.1 Å². The Morgan fingerprint density at radius 2 is 1.17 bits per heavy atom. The average Bonchev–Trinajstić information content (AvgIpc) is 3.42. The highest BCUT2D eigenvalue weighted by atomic mass is 16.5. The summed E-state index contributed by atoms with van der Waals surface area (Å²) in [5.74, 6) is -0.135. The van der Waals surface area contributed by atoms with E-state index in [2.05, 4.69) is 9.80 Å². The molecular formula is C17H30N2O4. The van der Waals surface area contributed by atoms with Crippen LogP contribution in [0.15, 0.2) is 0 Å². The van der Waals surface area contributed by atoms with Crippen LogP contribution in [0, 0.1) is 0 Å². The molecule has 23 heavy (non-hydrogen) atoms. The highest BCUT2D eigenvalue weighted by molar-refractivity contribution is 5.79. The highest BCUT2D eigenvalue weighted by Gasteiger charge is 2.41. The summed E-state index contributed by atoms with van der Waals surface area (Å²) in [7, 11) is 0. The van der Waals surface area contributed by atoms with E-state index >= 15 is 0 Å². The van der Waals surface area contributed by atoms with Crippen molar-refractivity contribution < 1.29 is 19.1 Å². The van der Waals surface area contributed by atoms with Gasteiger partial charge in [-0.05, 0) is 39.8 Å². The van der Waals surface area contributed by atoms with Crippen molar-refractivity contribution in [3.05, 3.63) is 0 Å². The van der Waals surface area contributed by atoms with Crippen molar-refractivity contribution in [2.24, 2.45) is 0 Å². The predicted octanol–water partition coefficient (Wildman–Crippen LogP) is 1.43. The van der Waals surface area contributed by atoms with E-state index in [1.807, 2.05) is 13.8 Å². The average molecular weight is 326 g/mol. The highest BCUT2D eigenvalue weighted by Crippen LogP contribution is 2.21. The summed E-state index contributed by atoms with van der Waals surface area (Å²) in [5, 5.41) is 0. The lowest BCUT2D eigenvalue weighted by molar-refractivity contribution is -0.144. The molecule has 0 N–H and O–H groups in total. The second-order valence-electron chi connectivity index (χ2n) is 6.29. The molecule has 0 aromatic rings. The fourth-order valence-electron chi connectivity index (χ4n) is 2.93. The lowest BCUT2D eigenvalue weighted by atomic mass is 10.1. The van der Waals surface area contributed by atoms with Crippen LogP contribution >= 0.6 is 0 Å². The quantitative estimate of drug-likeness (QED) is 0.307. The van der Waals surface area contributed by atoms with Crippen molar-refractivity contribution in [1.29, 1.82) is 0 Å². The van der Waals surface area contributed by atoms with Gasteiger partial charge in [-0.1, -0.05) is 19.3 Å². The first-order chi connectivity index (χ1) is 11.2. The maximum Gasteiger partial charge on any atom is 0.324 e. The van der Waals surface area contributed by atoms with Gasteiger partial charge < -0.3 is 9.47 Å². The molecule has 2 aliphatic rings. The van der Waals surface area contributed by atoms with Crippen molar-refractivity contribution >= 4 is 11.9 Å². The summed E-state index contributed by atoms with van der Waals surface area (Å²) < 4.78 is 10.0. The maximum absolute atomic E-state index is 11.5. The third-order valence-electron chi connectivity index (χ3n) is 4.44. The molecule has 6 heteroatoms. The summed E-state index contributed by atoms with van der Waals surface area (Å²) in [5.41, 5.74) is 0. The third-order valence-corrected chi connectivity index (χ3v) is 4.44. The minimum atomic E-state index is -0.0675. The fourth-order valence-corrected chi connectivity index (χ4v) is 2.93. The summed E-state index contributed by atoms with van der Waals surface area (Å²) in [4.78, 5) is 27.3. The van der Waals surface area contributed by atoms with Crippen LogP contribution in [0.4, 0.5) is 0 Å². The zero-order chi connectivity index (χ0) is 16.7. The number of hydrogen-bond acceptors (Lipinski definition) is 6. The molecule has 2 saturated heterocycles. The Kier molecular flexibility index (Phi) is 7.30. The Hall–Kier alpha value is -1.14. The van der Waals surface area contributed by atoms with E-state index in [1.54, 1.807) is 0 Å². The first-order valence-electron chi connectivity index (χ1n) is 8.98. The van der Waals surface area contributed by atoms with Crippen LogP contribution in [-0.4, -0.2) is 73.2 Å². The lowest BCUT2D eigenvalue weighted by Gasteiger charge is -2.05. The number of esters is 2. The number of rotatable bonds is 12. The van der Waals surface area contributed by atoms with Gasteiger partial charge in [0.2, 0.25) is 0 Å². The number of unbranched alkanes of at least 4 members (excludes halogenated alkanes) is 4. The Balaban J connectivity index is 1.37. The molecule has 0 amide bonds. The molecule has 6 nitrogen and oxygen atoms in total. The number of carbonyl (C=O) groups excluding carboxylic acids is 2. The normalized spacial score (nSPS) is 28.3. The van der Waals surface area contributed by atoms with Gasteiger partial charge in [0.05, 0.1) is 13.2 Å². The van der Waals surface area contributed by atoms with E-state index in [-0.39, 0.29) is 24.0 Å². The molecule has 4 unspecified atom stereocenters. The van der Waals surface area contributed by atoms with E-state index in [0.29, 0.717) is 13.2 Å². The number of hydrogen-bond donors (Lipinski definition) is 0. The number of ether oxygens (including phenoxy) is 2. The molecule has 2 rings (SSSR count). The zero-order valence-corrected chi connectivity index (χ0v) is 14.5. The number of nitrogens with zero attached hydrogens (tertiary/aromatic N) is 2. The van der Waals surface area contributed by atoms with Crippen LogP contribution < -0.4 is 0 Å². The second kappa shape index (κ2) is 9.23. The van der Waals surface area contributed by atoms with Gasteiger partial charge >= 0.3 is 11.9 Å². The minimum absolute atomic E-state index is 0.0254. The Morgan fingerprint density at radius 3 is 1.57 bits per heavy atom. The molecule has 0 aromatic carbocycles. The molecule has 4 atom stereocenters. The molecule has 0 radical (unpaired) electrons. The van der Waals surface area contributed by atoms with Crippen molar-refractivity contribution in [1.82, 2.24) is 9.80 Å². The largest absolute Gasteiger partial charge is 0.465 e. The van der Waals surface area contributed by atoms with Gasteiger partial charge in [-0.15, -0.1) is 0 Å². The molecule has 0 spiro atoms. The lowest BCUT2D eigenvalue weighted by Crippen LogP contribution is -2.17. The van der Waals surface area contributed by atoms with Gasteiger partial charge in [-0.25, -0.2) is 0 Å². The molecule has 132 valence electrons. The van der Waals surface area contributed by atoms with E-state index in [9.17, 15) is 9.59 Å². The SMILES string of the molecule is CCOC(=O)C1CN1CCCCCCCN1CC1C(=O)OCC. The smallest absolute Gasteiger partial charge is 0.324 e. The summed E-state index contributed by atoms with van der Waals surface area (Å²) in [6, 6.07) is 0.0508. The molecule has 2 aliphatic heterocycles. The van der Waals surface area contributed by atoms with Gasteiger partial charge in [0.25, 0.3) is 0 Å². The molecule has 2 heterocycles. The summed E-state index contributed by atoms with van der Waals surface area (Å²) >= 11 is 0. The van der Waals surface area contributed by atoms with Gasteiger partial charge in [0.15, 0.2) is 0 Å². The van der Waals surface area contributed by atoms with Crippen molar-refractivity contribution in [2.45, 2.75) is 58.0 Å². The number of carbonyl (C=O) groups is 2. The molecule has 0 saturated carbocycles. The summed E-state index contributed by atoms with van der Waals surface area (Å²) in [6.45, 7) is 8.36. The van der Waals surface area contributed by atoms with Crippen LogP contribution in [0.25, 0.3) is 0 Å². The molecule has 2 fully saturated rings. The van der Waals surface area contributed by atoms with Crippen LogP contribution in [-0.2, 0) is 19.1 Å². The Bertz CT molecular complexity index is 366. The van der Waals surface area contributed by atoms with E-state index in [0.717, 1.165) is 39.0 Å². The molecule has 0 aliphatic carbocycles. The monoisotopic (exact) mass is 326 g/mol. The zero-order valence-electron chi connectivity index (χ0n) is 14.5. The Morgan fingerprint density at radius 1 is 0.783 bits per heavy atom.